The number of rotatable bonds is 6. The number of alkyl halides is 2. The highest BCUT2D eigenvalue weighted by atomic mass is 35.5. The molecule has 2 aliphatic rings. The molecule has 3 rings (SSSR count). The van der Waals surface area contributed by atoms with Crippen LogP contribution in [0.15, 0.2) is 24.3 Å². The van der Waals surface area contributed by atoms with E-state index in [0.29, 0.717) is 12.1 Å². The van der Waals surface area contributed by atoms with Crippen LogP contribution in [0.5, 0.6) is 0 Å². The zero-order chi connectivity index (χ0) is 18.0. The van der Waals surface area contributed by atoms with Gasteiger partial charge in [-0.1, -0.05) is 18.6 Å². The summed E-state index contributed by atoms with van der Waals surface area (Å²) in [6.45, 7) is 1.92. The largest absolute Gasteiger partial charge is 0.373 e. The number of nitrogens with two attached hydrogens (primary N) is 1. The predicted octanol–water partition coefficient (Wildman–Crippen LogP) is 3.44. The Morgan fingerprint density at radius 1 is 1.35 bits per heavy atom. The third kappa shape index (κ3) is 3.87. The first-order valence-electron chi connectivity index (χ1n) is 8.93. The van der Waals surface area contributed by atoms with Crippen LogP contribution in [0, 0.1) is 11.8 Å². The molecule has 2 atom stereocenters. The number of hydrogen-bond acceptors (Lipinski definition) is 3. The van der Waals surface area contributed by atoms with E-state index >= 15 is 0 Å². The summed E-state index contributed by atoms with van der Waals surface area (Å²) >= 11 is 0. The number of nitrogens with zero attached hydrogens (tertiary/aromatic N) is 1. The number of halogens is 3. The molecule has 146 valence electrons. The lowest BCUT2D eigenvalue weighted by Gasteiger charge is -2.55. The molecule has 0 radical (unpaired) electrons. The molecule has 1 aromatic rings. The molecule has 1 saturated carbocycles. The maximum absolute atomic E-state index is 12.6. The van der Waals surface area contributed by atoms with E-state index in [0.717, 1.165) is 37.9 Å². The minimum atomic E-state index is -2.26. The summed E-state index contributed by atoms with van der Waals surface area (Å²) in [5.41, 5.74) is 6.44. The van der Waals surface area contributed by atoms with Crippen molar-refractivity contribution in [2.24, 2.45) is 17.6 Å². The Morgan fingerprint density at radius 2 is 2.00 bits per heavy atom. The van der Waals surface area contributed by atoms with Gasteiger partial charge in [0.25, 0.3) is 0 Å². The second kappa shape index (κ2) is 8.63. The summed E-state index contributed by atoms with van der Waals surface area (Å²) in [5.74, 6) is 0.00392. The molecule has 1 amide bonds. The Balaban J connectivity index is 0.00000243. The summed E-state index contributed by atoms with van der Waals surface area (Å²) in [4.78, 5) is 13.7. The first-order chi connectivity index (χ1) is 12.0. The molecule has 1 saturated heterocycles. The molecule has 2 bridgehead atoms. The third-order valence-electron chi connectivity index (χ3n) is 5.87. The fourth-order valence-corrected chi connectivity index (χ4v) is 4.83. The molecule has 2 N–H and O–H groups in total. The van der Waals surface area contributed by atoms with E-state index in [-0.39, 0.29) is 30.7 Å². The number of hydrogen-bond donors (Lipinski definition) is 1. The molecule has 26 heavy (non-hydrogen) atoms. The van der Waals surface area contributed by atoms with Gasteiger partial charge in [0.05, 0.1) is 0 Å². The highest BCUT2D eigenvalue weighted by molar-refractivity contribution is 5.92. The molecule has 1 heterocycles. The number of amides is 1. The van der Waals surface area contributed by atoms with Gasteiger partial charge in [0.2, 0.25) is 12.3 Å². The molecule has 2 unspecified atom stereocenters. The van der Waals surface area contributed by atoms with Crippen molar-refractivity contribution in [3.05, 3.63) is 35.4 Å². The number of ether oxygens (including phenoxy) is 1. The van der Waals surface area contributed by atoms with Crippen molar-refractivity contribution in [1.82, 2.24) is 4.90 Å². The van der Waals surface area contributed by atoms with Crippen LogP contribution in [0.4, 0.5) is 8.78 Å². The van der Waals surface area contributed by atoms with Crippen LogP contribution in [0.3, 0.4) is 0 Å². The van der Waals surface area contributed by atoms with Crippen molar-refractivity contribution in [3.63, 3.8) is 0 Å². The quantitative estimate of drug-likeness (QED) is 0.812. The number of carbonyl (C=O) groups excluding carboxylic acids is 1. The maximum Gasteiger partial charge on any atom is 0.248 e. The van der Waals surface area contributed by atoms with E-state index < -0.39 is 17.9 Å². The van der Waals surface area contributed by atoms with Gasteiger partial charge in [-0.2, -0.15) is 0 Å². The van der Waals surface area contributed by atoms with Crippen LogP contribution in [-0.4, -0.2) is 44.0 Å². The zero-order valence-electron chi connectivity index (χ0n) is 15.0. The fourth-order valence-electron chi connectivity index (χ4n) is 4.83. The van der Waals surface area contributed by atoms with Crippen molar-refractivity contribution in [3.8, 4) is 0 Å². The van der Waals surface area contributed by atoms with Gasteiger partial charge in [-0.15, -0.1) is 12.4 Å². The molecule has 0 aromatic heterocycles. The number of benzene rings is 1. The number of primary amides is 1. The first kappa shape index (κ1) is 21.1. The second-order valence-corrected chi connectivity index (χ2v) is 7.21. The predicted molar refractivity (Wildman–Crippen MR) is 98.8 cm³/mol. The average Bonchev–Trinajstić information content (AvgIpc) is 2.59. The zero-order valence-corrected chi connectivity index (χ0v) is 15.8. The minimum absolute atomic E-state index is 0. The number of fused-ring (bicyclic) bond motifs is 2. The lowest BCUT2D eigenvalue weighted by Crippen LogP contribution is -2.59. The van der Waals surface area contributed by atoms with Crippen LogP contribution >= 0.6 is 12.4 Å². The standard InChI is InChI=1S/C19H26F2N2O2.ClH/c1-25-19(14-5-2-4-13(10-14)18(22)24)15-6-3-7-16(19)12-23(11-15)9-8-17(20)21;/h2,4-5,10,15-17H,3,6-9,11-12H2,1H3,(H2,22,24);1H. The fraction of sp³-hybridized carbons (Fsp3) is 0.632. The molecule has 1 aromatic carbocycles. The van der Waals surface area contributed by atoms with Crippen LogP contribution in [0.2, 0.25) is 0 Å². The SMILES string of the molecule is COC1(c2cccc(C(N)=O)c2)C2CCCC1CN(CCC(F)F)C2.Cl. The highest BCUT2D eigenvalue weighted by Crippen LogP contribution is 2.51. The highest BCUT2D eigenvalue weighted by Gasteiger charge is 2.53. The van der Waals surface area contributed by atoms with E-state index in [4.69, 9.17) is 10.5 Å². The Hall–Kier alpha value is -1.24. The van der Waals surface area contributed by atoms with Gasteiger partial charge < -0.3 is 15.4 Å². The monoisotopic (exact) mass is 388 g/mol. The van der Waals surface area contributed by atoms with E-state index in [9.17, 15) is 13.6 Å². The van der Waals surface area contributed by atoms with E-state index in [1.807, 2.05) is 18.2 Å². The van der Waals surface area contributed by atoms with Crippen LogP contribution in [0.25, 0.3) is 0 Å². The Kier molecular flexibility index (Phi) is 6.99. The lowest BCUT2D eigenvalue weighted by atomic mass is 9.62. The van der Waals surface area contributed by atoms with Gasteiger partial charge in [0.1, 0.15) is 5.60 Å². The second-order valence-electron chi connectivity index (χ2n) is 7.21. The first-order valence-corrected chi connectivity index (χ1v) is 8.93. The van der Waals surface area contributed by atoms with Crippen molar-refractivity contribution in [2.45, 2.75) is 37.7 Å². The summed E-state index contributed by atoms with van der Waals surface area (Å²) < 4.78 is 31.3. The van der Waals surface area contributed by atoms with Gasteiger partial charge in [-0.25, -0.2) is 8.78 Å². The normalized spacial score (nSPS) is 28.6. The van der Waals surface area contributed by atoms with Crippen molar-refractivity contribution >= 4 is 18.3 Å². The van der Waals surface area contributed by atoms with Gasteiger partial charge in [-0.05, 0) is 30.5 Å². The molecule has 2 fully saturated rings. The van der Waals surface area contributed by atoms with Crippen LogP contribution in [-0.2, 0) is 10.3 Å². The van der Waals surface area contributed by atoms with E-state index in [1.54, 1.807) is 13.2 Å². The summed E-state index contributed by atoms with van der Waals surface area (Å²) in [7, 11) is 1.72. The van der Waals surface area contributed by atoms with Crippen LogP contribution < -0.4 is 5.73 Å². The lowest BCUT2D eigenvalue weighted by molar-refractivity contribution is -0.169. The molecular weight excluding hydrogens is 362 g/mol. The van der Waals surface area contributed by atoms with Gasteiger partial charge >= 0.3 is 0 Å². The molecule has 0 spiro atoms. The Bertz CT molecular complexity index is 615. The molecular formula is C19H27ClF2N2O2. The summed E-state index contributed by atoms with van der Waals surface area (Å²) in [6, 6.07) is 7.39. The molecule has 7 heteroatoms. The van der Waals surface area contributed by atoms with Crippen LogP contribution in [0.1, 0.15) is 41.6 Å². The third-order valence-corrected chi connectivity index (χ3v) is 5.87. The molecule has 1 aliphatic heterocycles. The van der Waals surface area contributed by atoms with E-state index in [1.165, 1.54) is 0 Å². The summed E-state index contributed by atoms with van der Waals surface area (Å²) in [6.07, 6.45) is 0.767. The van der Waals surface area contributed by atoms with Crippen molar-refractivity contribution < 1.29 is 18.3 Å². The van der Waals surface area contributed by atoms with E-state index in [2.05, 4.69) is 4.90 Å². The van der Waals surface area contributed by atoms with Crippen molar-refractivity contribution in [1.29, 1.82) is 0 Å². The number of methoxy groups -OCH3 is 1. The smallest absolute Gasteiger partial charge is 0.248 e. The Morgan fingerprint density at radius 3 is 2.54 bits per heavy atom. The summed E-state index contributed by atoms with van der Waals surface area (Å²) in [5, 5.41) is 0. The number of piperidine rings is 1. The number of likely N-dealkylation sites (tertiary alicyclic amines) is 1. The van der Waals surface area contributed by atoms with Gasteiger partial charge in [0, 0.05) is 50.6 Å². The molecule has 1 aliphatic carbocycles. The topological polar surface area (TPSA) is 55.6 Å². The minimum Gasteiger partial charge on any atom is -0.373 e. The number of carbonyl (C=O) groups is 1. The Labute approximate surface area is 159 Å². The van der Waals surface area contributed by atoms with Gasteiger partial charge in [-0.3, -0.25) is 4.79 Å². The van der Waals surface area contributed by atoms with Crippen molar-refractivity contribution in [2.75, 3.05) is 26.7 Å². The maximum atomic E-state index is 12.6. The molecule has 4 nitrogen and oxygen atoms in total. The van der Waals surface area contributed by atoms with Gasteiger partial charge in [0.15, 0.2) is 0 Å². The average molecular weight is 389 g/mol.